The first-order valence-electron chi connectivity index (χ1n) is 10.3. The molecule has 0 saturated heterocycles. The molecule has 2 aromatic rings. The van der Waals surface area contributed by atoms with E-state index in [1.165, 1.54) is 97.7 Å². The number of halogens is 2. The molecular weight excluding hydrogens is 474 g/mol. The maximum Gasteiger partial charge on any atom is -1.00 e. The van der Waals surface area contributed by atoms with Gasteiger partial charge in [-0.2, -0.15) is 0 Å². The molecule has 0 aromatic heterocycles. The van der Waals surface area contributed by atoms with E-state index in [4.69, 9.17) is 0 Å². The molecule has 3 aliphatic rings. The molecule has 3 aliphatic carbocycles. The minimum absolute atomic E-state index is 0. The molecule has 0 spiro atoms. The van der Waals surface area contributed by atoms with E-state index in [2.05, 4.69) is 61.5 Å². The molecule has 0 unspecified atom stereocenters. The molecule has 2 aromatic carbocycles. The van der Waals surface area contributed by atoms with E-state index >= 15 is 0 Å². The van der Waals surface area contributed by atoms with Crippen molar-refractivity contribution in [2.45, 2.75) is 45.4 Å². The molecule has 147 valence electrons. The number of fused-ring (bicyclic) bond motifs is 2. The van der Waals surface area contributed by atoms with Gasteiger partial charge >= 0.3 is 177 Å². The van der Waals surface area contributed by atoms with E-state index in [1.54, 1.807) is 5.57 Å². The second-order valence-electron chi connectivity index (χ2n) is 8.17. The van der Waals surface area contributed by atoms with Crippen molar-refractivity contribution < 1.29 is 49.5 Å². The maximum atomic E-state index is 2.43. The molecule has 5 rings (SSSR count). The molecule has 0 aliphatic heterocycles. The number of hydrogen-bond donors (Lipinski definition) is 0. The van der Waals surface area contributed by atoms with Crippen LogP contribution in [0.15, 0.2) is 54.6 Å². The molecular formula is C26H25Cl2Zr. The van der Waals surface area contributed by atoms with Crippen LogP contribution in [0.1, 0.15) is 56.6 Å². The van der Waals surface area contributed by atoms with Crippen molar-refractivity contribution in [3.05, 3.63) is 86.6 Å². The summed E-state index contributed by atoms with van der Waals surface area (Å²) < 4.78 is 1.54. The summed E-state index contributed by atoms with van der Waals surface area (Å²) in [6.07, 6.45) is 14.9. The average molecular weight is 500 g/mol. The molecule has 3 heteroatoms. The zero-order valence-corrected chi connectivity index (χ0v) is 20.7. The molecule has 0 nitrogen and oxygen atoms in total. The summed E-state index contributed by atoms with van der Waals surface area (Å²) in [5.41, 5.74) is 6.19. The third-order valence-corrected chi connectivity index (χ3v) is 7.95. The van der Waals surface area contributed by atoms with Crippen LogP contribution < -0.4 is 35.3 Å². The fourth-order valence-corrected chi connectivity index (χ4v) is 6.38. The predicted molar refractivity (Wildman–Crippen MR) is 110 cm³/mol. The van der Waals surface area contributed by atoms with Gasteiger partial charge in [0.15, 0.2) is 0 Å². The molecule has 0 atom stereocenters. The van der Waals surface area contributed by atoms with Gasteiger partial charge in [-0.05, 0) is 0 Å². The van der Waals surface area contributed by atoms with E-state index in [0.717, 1.165) is 12.3 Å². The van der Waals surface area contributed by atoms with Gasteiger partial charge in [0, 0.05) is 0 Å². The van der Waals surface area contributed by atoms with Crippen molar-refractivity contribution in [1.82, 2.24) is 0 Å². The Balaban J connectivity index is 0.00000120. The van der Waals surface area contributed by atoms with E-state index in [-0.39, 0.29) is 24.8 Å². The average Bonchev–Trinajstić information content (AvgIpc) is 3.35. The van der Waals surface area contributed by atoms with Crippen LogP contribution in [0.5, 0.6) is 0 Å². The number of rotatable bonds is 2. The van der Waals surface area contributed by atoms with Gasteiger partial charge in [0.05, 0.1) is 0 Å². The van der Waals surface area contributed by atoms with Gasteiger partial charge in [0.1, 0.15) is 0 Å². The second-order valence-corrected chi connectivity index (χ2v) is 9.40. The van der Waals surface area contributed by atoms with Gasteiger partial charge < -0.3 is 24.8 Å². The molecule has 1 saturated carbocycles. The fraction of sp³-hybridized carbons (Fsp3) is 0.308. The standard InChI is InChI=1S/C26H25.2ClH.Zr/c1-18(19-9-3-2-4-10-19)22-15-16-24-23-14-8-7-13-21(23)17-25(24)26(22)20-11-5-6-12-20;;;/h5-8,11,13-16,19H,2-4,9-10,12H2,1H3;2*1H;/q;;;+2/p-2. The largest absolute Gasteiger partial charge is 1.00 e. The Kier molecular flexibility index (Phi) is 7.47. The summed E-state index contributed by atoms with van der Waals surface area (Å²) in [6, 6.07) is 13.8. The van der Waals surface area contributed by atoms with Gasteiger partial charge in [-0.1, -0.05) is 0 Å². The summed E-state index contributed by atoms with van der Waals surface area (Å²) in [7, 11) is 0. The Morgan fingerprint density at radius 3 is 2.28 bits per heavy atom. The van der Waals surface area contributed by atoms with Crippen molar-refractivity contribution in [3.8, 4) is 0 Å². The molecule has 0 N–H and O–H groups in total. The topological polar surface area (TPSA) is 0 Å². The normalized spacial score (nSPS) is 18.4. The van der Waals surface area contributed by atoms with Crippen molar-refractivity contribution in [1.29, 1.82) is 0 Å². The summed E-state index contributed by atoms with van der Waals surface area (Å²) >= 11 is 1.52. The Hall–Kier alpha value is -0.877. The number of hydrogen-bond acceptors (Lipinski definition) is 0. The first-order valence-corrected chi connectivity index (χ1v) is 11.5. The summed E-state index contributed by atoms with van der Waals surface area (Å²) in [5, 5.41) is 5.84. The van der Waals surface area contributed by atoms with Crippen LogP contribution in [-0.4, -0.2) is 0 Å². The molecule has 0 heterocycles. The van der Waals surface area contributed by atoms with E-state index in [9.17, 15) is 0 Å². The quantitative estimate of drug-likeness (QED) is 0.502. The number of benzene rings is 2. The first kappa shape index (κ1) is 22.8. The summed E-state index contributed by atoms with van der Waals surface area (Å²) in [5.74, 6) is 0.766. The molecule has 0 amide bonds. The smallest absolute Gasteiger partial charge is 1.00 e. The van der Waals surface area contributed by atoms with Crippen LogP contribution >= 0.6 is 0 Å². The third kappa shape index (κ3) is 3.92. The fourth-order valence-electron chi connectivity index (χ4n) is 5.21. The van der Waals surface area contributed by atoms with Crippen molar-refractivity contribution >= 4 is 14.4 Å². The first-order chi connectivity index (χ1) is 13.3. The third-order valence-electron chi connectivity index (χ3n) is 6.68. The van der Waals surface area contributed by atoms with Crippen molar-refractivity contribution in [3.63, 3.8) is 0 Å². The predicted octanol–water partition coefficient (Wildman–Crippen LogP) is -0.908. The zero-order chi connectivity index (χ0) is 18.4. The Labute approximate surface area is 200 Å². The molecule has 0 radical (unpaired) electrons. The minimum atomic E-state index is 0. The van der Waals surface area contributed by atoms with Crippen LogP contribution in [0.25, 0.3) is 14.4 Å². The van der Waals surface area contributed by atoms with Gasteiger partial charge in [0.2, 0.25) is 0 Å². The Morgan fingerprint density at radius 2 is 1.59 bits per heavy atom. The second kappa shape index (κ2) is 9.51. The molecule has 0 bridgehead atoms. The van der Waals surface area contributed by atoms with Crippen molar-refractivity contribution in [2.24, 2.45) is 5.92 Å². The van der Waals surface area contributed by atoms with Crippen LogP contribution in [0.4, 0.5) is 0 Å². The van der Waals surface area contributed by atoms with Gasteiger partial charge in [-0.25, -0.2) is 0 Å². The summed E-state index contributed by atoms with van der Waals surface area (Å²) in [4.78, 5) is 0. The van der Waals surface area contributed by atoms with Gasteiger partial charge in [0.25, 0.3) is 0 Å². The van der Waals surface area contributed by atoms with Crippen molar-refractivity contribution in [2.75, 3.05) is 0 Å². The van der Waals surface area contributed by atoms with Crippen LogP contribution in [0, 0.1) is 16.4 Å². The monoisotopic (exact) mass is 497 g/mol. The van der Waals surface area contributed by atoms with E-state index in [1.807, 2.05) is 0 Å². The Bertz CT molecular complexity index is 1200. The minimum Gasteiger partial charge on any atom is -1.00 e. The Morgan fingerprint density at radius 1 is 0.862 bits per heavy atom. The SMILES string of the molecule is CC(=c1ccc2c(c1C1=CC=CC1)[C]([Zr+2])=c1ccccc1=2)C1CCCCC1.[Cl-].[Cl-]. The van der Waals surface area contributed by atoms with Gasteiger partial charge in [-0.3, -0.25) is 0 Å². The van der Waals surface area contributed by atoms with Crippen LogP contribution in [0.2, 0.25) is 0 Å². The van der Waals surface area contributed by atoms with Crippen LogP contribution in [0.3, 0.4) is 0 Å². The van der Waals surface area contributed by atoms with E-state index in [0.29, 0.717) is 0 Å². The van der Waals surface area contributed by atoms with Crippen LogP contribution in [-0.2, 0) is 24.7 Å². The van der Waals surface area contributed by atoms with E-state index < -0.39 is 0 Å². The molecule has 29 heavy (non-hydrogen) atoms. The molecule has 1 fully saturated rings. The maximum absolute atomic E-state index is 2.43. The summed E-state index contributed by atoms with van der Waals surface area (Å²) in [6.45, 7) is 2.41. The number of allylic oxidation sites excluding steroid dienone is 4. The van der Waals surface area contributed by atoms with Gasteiger partial charge in [-0.15, -0.1) is 0 Å². The zero-order valence-electron chi connectivity index (χ0n) is 16.8.